The van der Waals surface area contributed by atoms with Gasteiger partial charge in [0.25, 0.3) is 5.56 Å². The summed E-state index contributed by atoms with van der Waals surface area (Å²) in [6.07, 6.45) is 0.709. The van der Waals surface area contributed by atoms with Crippen molar-refractivity contribution in [2.24, 2.45) is 0 Å². The van der Waals surface area contributed by atoms with Gasteiger partial charge in [0.15, 0.2) is 0 Å². The van der Waals surface area contributed by atoms with E-state index in [0.717, 1.165) is 4.47 Å². The lowest BCUT2D eigenvalue weighted by Gasteiger charge is -2.12. The number of ether oxygens (including phenoxy) is 1. The number of benzene rings is 1. The van der Waals surface area contributed by atoms with Crippen LogP contribution in [0.5, 0.6) is 5.75 Å². The SMILES string of the molecule is O=c1cccnn1CC(O)COc1ccc(Br)cc1. The molecule has 1 aromatic carbocycles. The Morgan fingerprint density at radius 2 is 2.05 bits per heavy atom. The molecule has 0 amide bonds. The minimum Gasteiger partial charge on any atom is -0.491 e. The first-order valence-electron chi connectivity index (χ1n) is 5.74. The zero-order valence-corrected chi connectivity index (χ0v) is 11.7. The second-order valence-corrected chi connectivity index (χ2v) is 4.88. The van der Waals surface area contributed by atoms with Gasteiger partial charge in [-0.2, -0.15) is 5.10 Å². The van der Waals surface area contributed by atoms with Crippen molar-refractivity contribution in [2.75, 3.05) is 6.61 Å². The zero-order chi connectivity index (χ0) is 13.7. The molecule has 0 aliphatic rings. The third kappa shape index (κ3) is 4.18. The number of hydrogen-bond acceptors (Lipinski definition) is 4. The fourth-order valence-electron chi connectivity index (χ4n) is 1.50. The molecule has 0 spiro atoms. The maximum absolute atomic E-state index is 11.4. The molecule has 0 bridgehead atoms. The van der Waals surface area contributed by atoms with Gasteiger partial charge >= 0.3 is 0 Å². The van der Waals surface area contributed by atoms with E-state index in [4.69, 9.17) is 4.74 Å². The van der Waals surface area contributed by atoms with E-state index in [9.17, 15) is 9.90 Å². The van der Waals surface area contributed by atoms with Crippen LogP contribution in [-0.4, -0.2) is 27.6 Å². The van der Waals surface area contributed by atoms with E-state index in [1.807, 2.05) is 12.1 Å². The van der Waals surface area contributed by atoms with Crippen molar-refractivity contribution in [1.29, 1.82) is 0 Å². The molecule has 0 saturated carbocycles. The molecule has 1 atom stereocenters. The number of hydrogen-bond donors (Lipinski definition) is 1. The van der Waals surface area contributed by atoms with E-state index in [0.29, 0.717) is 5.75 Å². The fraction of sp³-hybridized carbons (Fsp3) is 0.231. The van der Waals surface area contributed by atoms with E-state index in [1.54, 1.807) is 18.2 Å². The highest BCUT2D eigenvalue weighted by atomic mass is 79.9. The summed E-state index contributed by atoms with van der Waals surface area (Å²) in [6.45, 7) is 0.209. The summed E-state index contributed by atoms with van der Waals surface area (Å²) in [5, 5.41) is 13.7. The molecular weight excluding hydrogens is 312 g/mol. The molecule has 0 radical (unpaired) electrons. The molecule has 5 nitrogen and oxygen atoms in total. The monoisotopic (exact) mass is 324 g/mol. The Bertz CT molecular complexity index is 583. The minimum absolute atomic E-state index is 0.102. The third-order valence-electron chi connectivity index (χ3n) is 2.43. The molecular formula is C13H13BrN2O3. The van der Waals surface area contributed by atoms with Crippen molar-refractivity contribution in [3.63, 3.8) is 0 Å². The van der Waals surface area contributed by atoms with E-state index in [2.05, 4.69) is 21.0 Å². The first-order chi connectivity index (χ1) is 9.15. The van der Waals surface area contributed by atoms with Crippen LogP contribution >= 0.6 is 15.9 Å². The van der Waals surface area contributed by atoms with Gasteiger partial charge in [0.2, 0.25) is 0 Å². The summed E-state index contributed by atoms with van der Waals surface area (Å²) in [5.41, 5.74) is -0.245. The van der Waals surface area contributed by atoms with Crippen LogP contribution < -0.4 is 10.3 Å². The highest BCUT2D eigenvalue weighted by Crippen LogP contribution is 2.16. The molecule has 0 fully saturated rings. The molecule has 2 aromatic rings. The van der Waals surface area contributed by atoms with E-state index < -0.39 is 6.10 Å². The predicted octanol–water partition coefficient (Wildman–Crippen LogP) is 1.45. The van der Waals surface area contributed by atoms with Crippen molar-refractivity contribution in [3.8, 4) is 5.75 Å². The van der Waals surface area contributed by atoms with Gasteiger partial charge < -0.3 is 9.84 Å². The molecule has 19 heavy (non-hydrogen) atoms. The van der Waals surface area contributed by atoms with Crippen LogP contribution in [0.2, 0.25) is 0 Å². The van der Waals surface area contributed by atoms with Gasteiger partial charge in [-0.25, -0.2) is 4.68 Å². The van der Waals surface area contributed by atoms with E-state index in [-0.39, 0.29) is 18.7 Å². The van der Waals surface area contributed by atoms with Gasteiger partial charge in [0, 0.05) is 16.7 Å². The summed E-state index contributed by atoms with van der Waals surface area (Å²) >= 11 is 3.33. The highest BCUT2D eigenvalue weighted by molar-refractivity contribution is 9.10. The van der Waals surface area contributed by atoms with Crippen LogP contribution in [0.25, 0.3) is 0 Å². The Labute approximate surface area is 118 Å². The van der Waals surface area contributed by atoms with Crippen LogP contribution in [0.3, 0.4) is 0 Å². The molecule has 6 heteroatoms. The van der Waals surface area contributed by atoms with Gasteiger partial charge in [0.05, 0.1) is 6.54 Å². The molecule has 0 saturated heterocycles. The Morgan fingerprint density at radius 1 is 1.32 bits per heavy atom. The molecule has 1 aromatic heterocycles. The van der Waals surface area contributed by atoms with E-state index >= 15 is 0 Å². The lowest BCUT2D eigenvalue weighted by Crippen LogP contribution is -2.31. The molecule has 0 aliphatic heterocycles. The van der Waals surface area contributed by atoms with Crippen LogP contribution in [0.4, 0.5) is 0 Å². The summed E-state index contributed by atoms with van der Waals surface area (Å²) < 4.78 is 7.58. The molecule has 1 heterocycles. The van der Waals surface area contributed by atoms with Crippen molar-refractivity contribution in [3.05, 3.63) is 57.4 Å². The standard InChI is InChI=1S/C13H13BrN2O3/c14-10-3-5-12(6-4-10)19-9-11(17)8-16-13(18)2-1-7-15-16/h1-7,11,17H,8-9H2. The summed E-state index contributed by atoms with van der Waals surface area (Å²) in [6, 6.07) is 10.3. The Balaban J connectivity index is 1.88. The smallest absolute Gasteiger partial charge is 0.266 e. The average molecular weight is 325 g/mol. The fourth-order valence-corrected chi connectivity index (χ4v) is 1.76. The normalized spacial score (nSPS) is 12.1. The van der Waals surface area contributed by atoms with Gasteiger partial charge in [-0.1, -0.05) is 15.9 Å². The summed E-state index contributed by atoms with van der Waals surface area (Å²) in [4.78, 5) is 11.4. The lowest BCUT2D eigenvalue weighted by atomic mass is 10.3. The van der Waals surface area contributed by atoms with Gasteiger partial charge in [-0.15, -0.1) is 0 Å². The van der Waals surface area contributed by atoms with Crippen LogP contribution in [-0.2, 0) is 6.54 Å². The zero-order valence-electron chi connectivity index (χ0n) is 10.1. The molecule has 0 aliphatic carbocycles. The number of aromatic nitrogens is 2. The van der Waals surface area contributed by atoms with Gasteiger partial charge in [-0.3, -0.25) is 4.79 Å². The Kier molecular flexibility index (Phi) is 4.70. The Morgan fingerprint density at radius 3 is 2.74 bits per heavy atom. The number of rotatable bonds is 5. The van der Waals surface area contributed by atoms with Gasteiger partial charge in [-0.05, 0) is 30.3 Å². The number of aliphatic hydroxyl groups is 1. The second-order valence-electron chi connectivity index (χ2n) is 3.96. The van der Waals surface area contributed by atoms with Crippen molar-refractivity contribution < 1.29 is 9.84 Å². The van der Waals surface area contributed by atoms with Crippen LogP contribution in [0.1, 0.15) is 0 Å². The summed E-state index contributed by atoms with van der Waals surface area (Å²) in [5.74, 6) is 0.663. The van der Waals surface area contributed by atoms with Crippen LogP contribution in [0.15, 0.2) is 51.9 Å². The average Bonchev–Trinajstić information content (AvgIpc) is 2.41. The Hall–Kier alpha value is -1.66. The topological polar surface area (TPSA) is 64.4 Å². The minimum atomic E-state index is -0.795. The molecule has 1 N–H and O–H groups in total. The third-order valence-corrected chi connectivity index (χ3v) is 2.95. The first-order valence-corrected chi connectivity index (χ1v) is 6.53. The molecule has 1 unspecified atom stereocenters. The predicted molar refractivity (Wildman–Crippen MR) is 74.1 cm³/mol. The van der Waals surface area contributed by atoms with Crippen molar-refractivity contribution in [1.82, 2.24) is 9.78 Å². The van der Waals surface area contributed by atoms with Crippen molar-refractivity contribution >= 4 is 15.9 Å². The highest BCUT2D eigenvalue weighted by Gasteiger charge is 2.08. The summed E-state index contributed by atoms with van der Waals surface area (Å²) in [7, 11) is 0. The number of aliphatic hydroxyl groups excluding tert-OH is 1. The second kappa shape index (κ2) is 6.49. The lowest BCUT2D eigenvalue weighted by molar-refractivity contribution is 0.0879. The largest absolute Gasteiger partial charge is 0.491 e. The number of halogens is 1. The maximum atomic E-state index is 11.4. The first kappa shape index (κ1) is 13.8. The quantitative estimate of drug-likeness (QED) is 0.904. The number of nitrogens with zero attached hydrogens (tertiary/aromatic N) is 2. The van der Waals surface area contributed by atoms with Crippen molar-refractivity contribution in [2.45, 2.75) is 12.6 Å². The van der Waals surface area contributed by atoms with Crippen LogP contribution in [0, 0.1) is 0 Å². The maximum Gasteiger partial charge on any atom is 0.266 e. The molecule has 100 valence electrons. The van der Waals surface area contributed by atoms with Gasteiger partial charge in [0.1, 0.15) is 18.5 Å². The molecule has 2 rings (SSSR count). The van der Waals surface area contributed by atoms with E-state index in [1.165, 1.54) is 16.9 Å².